The molecule has 0 heterocycles. The maximum Gasteiger partial charge on any atom is 0.227 e. The smallest absolute Gasteiger partial charge is 0.227 e. The predicted molar refractivity (Wildman–Crippen MR) is 116 cm³/mol. The Labute approximate surface area is 172 Å². The second-order valence-corrected chi connectivity index (χ2v) is 8.09. The van der Waals surface area contributed by atoms with E-state index in [1.165, 1.54) is 0 Å². The van der Waals surface area contributed by atoms with Crippen molar-refractivity contribution in [3.63, 3.8) is 0 Å². The maximum absolute atomic E-state index is 12.6. The maximum atomic E-state index is 12.6. The highest BCUT2D eigenvalue weighted by molar-refractivity contribution is 5.94. The monoisotopic (exact) mass is 394 g/mol. The summed E-state index contributed by atoms with van der Waals surface area (Å²) in [5, 5.41) is 5.99. The molecule has 2 amide bonds. The van der Waals surface area contributed by atoms with Crippen LogP contribution in [-0.4, -0.2) is 17.9 Å². The molecule has 154 valence electrons. The first-order valence-corrected chi connectivity index (χ1v) is 10.4. The Hall–Kier alpha value is -2.82. The molecule has 1 saturated carbocycles. The van der Waals surface area contributed by atoms with Gasteiger partial charge in [-0.2, -0.15) is 0 Å². The van der Waals surface area contributed by atoms with Gasteiger partial charge in [0, 0.05) is 23.2 Å². The SMILES string of the molecule is Cc1cccc(NC(=O)C2CCC(C(=O)Nc3ccc(OC(C)C)cc3)CC2)c1. The molecule has 0 spiro atoms. The molecule has 3 rings (SSSR count). The van der Waals surface area contributed by atoms with Gasteiger partial charge in [-0.25, -0.2) is 0 Å². The number of carbonyl (C=O) groups is 2. The van der Waals surface area contributed by atoms with Crippen molar-refractivity contribution in [1.29, 1.82) is 0 Å². The molecule has 0 unspecified atom stereocenters. The number of rotatable bonds is 6. The summed E-state index contributed by atoms with van der Waals surface area (Å²) in [6.07, 6.45) is 3.04. The Morgan fingerprint density at radius 2 is 1.41 bits per heavy atom. The van der Waals surface area contributed by atoms with Gasteiger partial charge in [-0.3, -0.25) is 9.59 Å². The lowest BCUT2D eigenvalue weighted by molar-refractivity contribution is -0.125. The lowest BCUT2D eigenvalue weighted by Crippen LogP contribution is -2.32. The number of hydrogen-bond acceptors (Lipinski definition) is 3. The van der Waals surface area contributed by atoms with Crippen LogP contribution in [0.2, 0.25) is 0 Å². The molecule has 0 saturated heterocycles. The van der Waals surface area contributed by atoms with Crippen LogP contribution in [0.5, 0.6) is 5.75 Å². The first-order valence-electron chi connectivity index (χ1n) is 10.4. The van der Waals surface area contributed by atoms with Crippen molar-refractivity contribution in [2.24, 2.45) is 11.8 Å². The number of aryl methyl sites for hydroxylation is 1. The van der Waals surface area contributed by atoms with E-state index in [0.29, 0.717) is 0 Å². The van der Waals surface area contributed by atoms with E-state index in [1.54, 1.807) is 0 Å². The number of nitrogens with one attached hydrogen (secondary N) is 2. The molecule has 2 N–H and O–H groups in total. The number of benzene rings is 2. The van der Waals surface area contributed by atoms with E-state index in [0.717, 1.165) is 48.4 Å². The van der Waals surface area contributed by atoms with Gasteiger partial charge in [0.1, 0.15) is 5.75 Å². The average molecular weight is 395 g/mol. The quantitative estimate of drug-likeness (QED) is 0.711. The van der Waals surface area contributed by atoms with Gasteiger partial charge in [-0.05, 0) is 88.4 Å². The van der Waals surface area contributed by atoms with E-state index in [-0.39, 0.29) is 29.8 Å². The summed E-state index contributed by atoms with van der Waals surface area (Å²) in [4.78, 5) is 25.1. The van der Waals surface area contributed by atoms with Crippen LogP contribution in [0.1, 0.15) is 45.1 Å². The highest BCUT2D eigenvalue weighted by Gasteiger charge is 2.30. The molecule has 0 aromatic heterocycles. The first-order chi connectivity index (χ1) is 13.9. The Morgan fingerprint density at radius 3 is 1.93 bits per heavy atom. The van der Waals surface area contributed by atoms with Crippen LogP contribution in [-0.2, 0) is 9.59 Å². The number of hydrogen-bond donors (Lipinski definition) is 2. The van der Waals surface area contributed by atoms with E-state index in [4.69, 9.17) is 4.74 Å². The zero-order chi connectivity index (χ0) is 20.8. The van der Waals surface area contributed by atoms with Crippen molar-refractivity contribution in [2.45, 2.75) is 52.6 Å². The fourth-order valence-corrected chi connectivity index (χ4v) is 3.72. The third-order valence-corrected chi connectivity index (χ3v) is 5.25. The summed E-state index contributed by atoms with van der Waals surface area (Å²) in [7, 11) is 0. The minimum absolute atomic E-state index is 0.0278. The molecule has 0 bridgehead atoms. The van der Waals surface area contributed by atoms with Gasteiger partial charge < -0.3 is 15.4 Å². The van der Waals surface area contributed by atoms with E-state index < -0.39 is 0 Å². The zero-order valence-corrected chi connectivity index (χ0v) is 17.4. The minimum Gasteiger partial charge on any atom is -0.491 e. The molecule has 0 aliphatic heterocycles. The van der Waals surface area contributed by atoms with E-state index in [1.807, 2.05) is 69.3 Å². The molecule has 5 nitrogen and oxygen atoms in total. The molecule has 0 radical (unpaired) electrons. The lowest BCUT2D eigenvalue weighted by Gasteiger charge is -2.27. The predicted octanol–water partition coefficient (Wildman–Crippen LogP) is 5.17. The minimum atomic E-state index is -0.0513. The summed E-state index contributed by atoms with van der Waals surface area (Å²) >= 11 is 0. The number of anilines is 2. The summed E-state index contributed by atoms with van der Waals surface area (Å²) in [5.74, 6) is 0.782. The fourth-order valence-electron chi connectivity index (χ4n) is 3.72. The van der Waals surface area contributed by atoms with Crippen LogP contribution in [0.3, 0.4) is 0 Å². The van der Waals surface area contributed by atoms with Gasteiger partial charge >= 0.3 is 0 Å². The zero-order valence-electron chi connectivity index (χ0n) is 17.4. The molecule has 1 aliphatic carbocycles. The molecular formula is C24H30N2O3. The standard InChI is InChI=1S/C24H30N2O3/c1-16(2)29-22-13-11-20(12-14-22)25-23(27)18-7-9-19(10-8-18)24(28)26-21-6-4-5-17(3)15-21/h4-6,11-16,18-19H,7-10H2,1-3H3,(H,25,27)(H,26,28). The summed E-state index contributed by atoms with van der Waals surface area (Å²) in [6.45, 7) is 5.96. The van der Waals surface area contributed by atoms with Crippen molar-refractivity contribution in [2.75, 3.05) is 10.6 Å². The van der Waals surface area contributed by atoms with Crippen molar-refractivity contribution in [3.8, 4) is 5.75 Å². The second-order valence-electron chi connectivity index (χ2n) is 8.09. The number of ether oxygens (including phenoxy) is 1. The summed E-state index contributed by atoms with van der Waals surface area (Å²) in [5.41, 5.74) is 2.72. The second kappa shape index (κ2) is 9.59. The average Bonchev–Trinajstić information content (AvgIpc) is 2.69. The first kappa shape index (κ1) is 20.9. The Bertz CT molecular complexity index is 837. The van der Waals surface area contributed by atoms with Gasteiger partial charge in [0.15, 0.2) is 0 Å². The molecule has 1 aliphatic rings. The van der Waals surface area contributed by atoms with E-state index >= 15 is 0 Å². The summed E-state index contributed by atoms with van der Waals surface area (Å²) in [6, 6.07) is 15.3. The van der Waals surface area contributed by atoms with Gasteiger partial charge in [-0.1, -0.05) is 12.1 Å². The Morgan fingerprint density at radius 1 is 0.862 bits per heavy atom. The van der Waals surface area contributed by atoms with E-state index in [2.05, 4.69) is 10.6 Å². The number of carbonyl (C=O) groups excluding carboxylic acids is 2. The largest absolute Gasteiger partial charge is 0.491 e. The molecule has 2 aromatic rings. The van der Waals surface area contributed by atoms with Gasteiger partial charge in [-0.15, -0.1) is 0 Å². The third-order valence-electron chi connectivity index (χ3n) is 5.25. The van der Waals surface area contributed by atoms with Crippen molar-refractivity contribution in [1.82, 2.24) is 0 Å². The molecule has 29 heavy (non-hydrogen) atoms. The topological polar surface area (TPSA) is 67.4 Å². The molecule has 2 aromatic carbocycles. The normalized spacial score (nSPS) is 18.9. The Balaban J connectivity index is 1.47. The van der Waals surface area contributed by atoms with Gasteiger partial charge in [0.25, 0.3) is 0 Å². The van der Waals surface area contributed by atoms with Gasteiger partial charge in [0.2, 0.25) is 11.8 Å². The Kier molecular flexibility index (Phi) is 6.91. The highest BCUT2D eigenvalue weighted by Crippen LogP contribution is 2.31. The van der Waals surface area contributed by atoms with Crippen molar-refractivity contribution in [3.05, 3.63) is 54.1 Å². The van der Waals surface area contributed by atoms with Crippen molar-refractivity contribution < 1.29 is 14.3 Å². The van der Waals surface area contributed by atoms with Gasteiger partial charge in [0.05, 0.1) is 6.10 Å². The summed E-state index contributed by atoms with van der Waals surface area (Å²) < 4.78 is 5.62. The highest BCUT2D eigenvalue weighted by atomic mass is 16.5. The molecule has 1 fully saturated rings. The van der Waals surface area contributed by atoms with Crippen LogP contribution in [0.25, 0.3) is 0 Å². The molecular weight excluding hydrogens is 364 g/mol. The van der Waals surface area contributed by atoms with E-state index in [9.17, 15) is 9.59 Å². The van der Waals surface area contributed by atoms with Crippen LogP contribution >= 0.6 is 0 Å². The number of amides is 2. The van der Waals surface area contributed by atoms with Crippen LogP contribution < -0.4 is 15.4 Å². The molecule has 5 heteroatoms. The van der Waals surface area contributed by atoms with Crippen LogP contribution in [0.4, 0.5) is 11.4 Å². The van der Waals surface area contributed by atoms with Crippen molar-refractivity contribution >= 4 is 23.2 Å². The lowest BCUT2D eigenvalue weighted by atomic mass is 9.81. The third kappa shape index (κ3) is 6.08. The van der Waals surface area contributed by atoms with Crippen LogP contribution in [0.15, 0.2) is 48.5 Å². The fraction of sp³-hybridized carbons (Fsp3) is 0.417. The molecule has 0 atom stereocenters. The van der Waals surface area contributed by atoms with Crippen LogP contribution in [0, 0.1) is 18.8 Å².